The molecular formula is C20H20F4N6O2S. The summed E-state index contributed by atoms with van der Waals surface area (Å²) in [6.07, 6.45) is -2.13. The van der Waals surface area contributed by atoms with Gasteiger partial charge in [-0.25, -0.2) is 19.2 Å². The SMILES string of the molecule is COc1ncnc2sc(NC(=O)N3CCC(NCc4ccc(F)c(C(F)(F)F)c4)CC3)nc12. The van der Waals surface area contributed by atoms with Gasteiger partial charge in [0.05, 0.1) is 12.7 Å². The van der Waals surface area contributed by atoms with Crippen molar-refractivity contribution in [3.05, 3.63) is 41.5 Å². The van der Waals surface area contributed by atoms with Gasteiger partial charge < -0.3 is 15.0 Å². The van der Waals surface area contributed by atoms with E-state index in [0.717, 1.165) is 12.1 Å². The first-order chi connectivity index (χ1) is 15.7. The van der Waals surface area contributed by atoms with Crippen LogP contribution in [0.15, 0.2) is 24.5 Å². The molecular weight excluding hydrogens is 464 g/mol. The molecule has 0 bridgehead atoms. The monoisotopic (exact) mass is 484 g/mol. The Kier molecular flexibility index (Phi) is 6.61. The van der Waals surface area contributed by atoms with E-state index in [1.807, 2.05) is 0 Å². The van der Waals surface area contributed by atoms with Crippen LogP contribution in [0.5, 0.6) is 5.88 Å². The molecule has 0 spiro atoms. The second-order valence-electron chi connectivity index (χ2n) is 7.44. The number of aromatic nitrogens is 3. The van der Waals surface area contributed by atoms with Crippen molar-refractivity contribution >= 4 is 32.8 Å². The predicted molar refractivity (Wildman–Crippen MR) is 114 cm³/mol. The van der Waals surface area contributed by atoms with Gasteiger partial charge in [0.2, 0.25) is 5.88 Å². The molecule has 1 saturated heterocycles. The summed E-state index contributed by atoms with van der Waals surface area (Å²) in [6, 6.07) is 2.71. The van der Waals surface area contributed by atoms with Crippen molar-refractivity contribution in [2.75, 3.05) is 25.5 Å². The first kappa shape index (κ1) is 23.1. The zero-order valence-electron chi connectivity index (χ0n) is 17.4. The Morgan fingerprint density at radius 2 is 2.03 bits per heavy atom. The van der Waals surface area contributed by atoms with Crippen molar-refractivity contribution in [1.29, 1.82) is 0 Å². The quantitative estimate of drug-likeness (QED) is 0.531. The summed E-state index contributed by atoms with van der Waals surface area (Å²) in [7, 11) is 1.48. The molecule has 1 aromatic carbocycles. The third-order valence-corrected chi connectivity index (χ3v) is 6.16. The number of carbonyl (C=O) groups excluding carboxylic acids is 1. The topological polar surface area (TPSA) is 92.3 Å². The maximum atomic E-state index is 13.4. The number of ether oxygens (including phenoxy) is 1. The van der Waals surface area contributed by atoms with Crippen molar-refractivity contribution in [1.82, 2.24) is 25.2 Å². The van der Waals surface area contributed by atoms with Crippen LogP contribution in [-0.2, 0) is 12.7 Å². The summed E-state index contributed by atoms with van der Waals surface area (Å²) in [6.45, 7) is 1.11. The summed E-state index contributed by atoms with van der Waals surface area (Å²) in [5.41, 5.74) is -0.456. The molecule has 1 aliphatic rings. The third-order valence-electron chi connectivity index (χ3n) is 5.28. The van der Waals surface area contributed by atoms with E-state index in [1.165, 1.54) is 30.8 Å². The number of halogens is 4. The summed E-state index contributed by atoms with van der Waals surface area (Å²) in [5, 5.41) is 6.33. The van der Waals surface area contributed by atoms with E-state index in [0.29, 0.717) is 52.9 Å². The highest BCUT2D eigenvalue weighted by atomic mass is 32.1. The number of urea groups is 1. The number of hydrogen-bond acceptors (Lipinski definition) is 7. The minimum atomic E-state index is -4.74. The van der Waals surface area contributed by atoms with Crippen molar-refractivity contribution in [3.8, 4) is 5.88 Å². The maximum Gasteiger partial charge on any atom is 0.419 e. The van der Waals surface area contributed by atoms with Gasteiger partial charge in [-0.15, -0.1) is 0 Å². The lowest BCUT2D eigenvalue weighted by Gasteiger charge is -2.32. The molecule has 0 atom stereocenters. The number of carbonyl (C=O) groups is 1. The van der Waals surface area contributed by atoms with Gasteiger partial charge in [-0.05, 0) is 30.5 Å². The zero-order chi connectivity index (χ0) is 23.6. The number of piperidine rings is 1. The Morgan fingerprint density at radius 1 is 1.27 bits per heavy atom. The molecule has 2 amide bonds. The van der Waals surface area contributed by atoms with Crippen LogP contribution in [-0.4, -0.2) is 52.1 Å². The van der Waals surface area contributed by atoms with E-state index in [1.54, 1.807) is 4.90 Å². The molecule has 2 N–H and O–H groups in total. The Balaban J connectivity index is 1.29. The van der Waals surface area contributed by atoms with Gasteiger partial charge >= 0.3 is 12.2 Å². The molecule has 33 heavy (non-hydrogen) atoms. The number of nitrogens with zero attached hydrogens (tertiary/aromatic N) is 4. The van der Waals surface area contributed by atoms with Crippen molar-refractivity contribution < 1.29 is 27.1 Å². The smallest absolute Gasteiger partial charge is 0.419 e. The molecule has 4 rings (SSSR count). The molecule has 3 heterocycles. The van der Waals surface area contributed by atoms with Gasteiger partial charge in [0.15, 0.2) is 15.5 Å². The number of thiazole rings is 1. The number of hydrogen-bond donors (Lipinski definition) is 2. The Hall–Kier alpha value is -3.06. The molecule has 0 saturated carbocycles. The minimum Gasteiger partial charge on any atom is -0.479 e. The number of likely N-dealkylation sites (tertiary alicyclic amines) is 1. The van der Waals surface area contributed by atoms with Crippen LogP contribution in [0.2, 0.25) is 0 Å². The number of alkyl halides is 3. The molecule has 0 unspecified atom stereocenters. The fraction of sp³-hybridized carbons (Fsp3) is 0.400. The molecule has 2 aromatic heterocycles. The zero-order valence-corrected chi connectivity index (χ0v) is 18.3. The second kappa shape index (κ2) is 9.43. The first-order valence-corrected chi connectivity index (χ1v) is 10.9. The number of fused-ring (bicyclic) bond motifs is 1. The van der Waals surface area contributed by atoms with Crippen LogP contribution in [0.1, 0.15) is 24.0 Å². The highest BCUT2D eigenvalue weighted by Crippen LogP contribution is 2.32. The van der Waals surface area contributed by atoms with Gasteiger partial charge in [-0.2, -0.15) is 18.2 Å². The van der Waals surface area contributed by atoms with Crippen LogP contribution in [0.25, 0.3) is 10.3 Å². The van der Waals surface area contributed by atoms with Crippen LogP contribution < -0.4 is 15.4 Å². The molecule has 0 aliphatic carbocycles. The highest BCUT2D eigenvalue weighted by Gasteiger charge is 2.34. The Morgan fingerprint density at radius 3 is 2.73 bits per heavy atom. The lowest BCUT2D eigenvalue weighted by molar-refractivity contribution is -0.140. The summed E-state index contributed by atoms with van der Waals surface area (Å²) >= 11 is 1.21. The highest BCUT2D eigenvalue weighted by molar-refractivity contribution is 7.22. The van der Waals surface area contributed by atoms with Crippen LogP contribution in [0.3, 0.4) is 0 Å². The number of rotatable bonds is 5. The Bertz CT molecular complexity index is 1150. The standard InChI is InChI=1S/C20H20F4N6O2S/c1-32-16-15-17(27-10-26-16)33-18(28-15)29-19(31)30-6-4-12(5-7-30)25-9-11-2-3-14(21)13(8-11)20(22,23)24/h2-3,8,10,12,25H,4-7,9H2,1H3,(H,28,29,31). The van der Waals surface area contributed by atoms with Crippen molar-refractivity contribution in [2.24, 2.45) is 0 Å². The number of amides is 2. The number of nitrogens with one attached hydrogen (secondary N) is 2. The number of methoxy groups -OCH3 is 1. The first-order valence-electron chi connectivity index (χ1n) is 10.0. The summed E-state index contributed by atoms with van der Waals surface area (Å²) in [4.78, 5) is 27.3. The molecule has 176 valence electrons. The van der Waals surface area contributed by atoms with Crippen LogP contribution >= 0.6 is 11.3 Å². The molecule has 13 heteroatoms. The predicted octanol–water partition coefficient (Wildman–Crippen LogP) is 4.04. The van der Waals surface area contributed by atoms with Crippen LogP contribution in [0, 0.1) is 5.82 Å². The van der Waals surface area contributed by atoms with E-state index >= 15 is 0 Å². The van der Waals surface area contributed by atoms with Gasteiger partial charge in [0.1, 0.15) is 12.1 Å². The maximum absolute atomic E-state index is 13.4. The minimum absolute atomic E-state index is 0.0235. The van der Waals surface area contributed by atoms with E-state index in [9.17, 15) is 22.4 Å². The van der Waals surface area contributed by atoms with Gasteiger partial charge in [-0.1, -0.05) is 17.4 Å². The van der Waals surface area contributed by atoms with E-state index in [4.69, 9.17) is 4.74 Å². The van der Waals surface area contributed by atoms with Gasteiger partial charge in [0, 0.05) is 25.7 Å². The largest absolute Gasteiger partial charge is 0.479 e. The lowest BCUT2D eigenvalue weighted by Crippen LogP contribution is -2.46. The normalized spacial score (nSPS) is 15.1. The van der Waals surface area contributed by atoms with E-state index in [-0.39, 0.29) is 18.6 Å². The fourth-order valence-corrected chi connectivity index (χ4v) is 4.34. The van der Waals surface area contributed by atoms with Crippen molar-refractivity contribution in [3.63, 3.8) is 0 Å². The van der Waals surface area contributed by atoms with Crippen LogP contribution in [0.4, 0.5) is 27.5 Å². The molecule has 8 nitrogen and oxygen atoms in total. The average Bonchev–Trinajstić information content (AvgIpc) is 3.20. The fourth-order valence-electron chi connectivity index (χ4n) is 3.56. The Labute approximate surface area is 190 Å². The van der Waals surface area contributed by atoms with E-state index < -0.39 is 17.6 Å². The number of benzene rings is 1. The molecule has 0 radical (unpaired) electrons. The number of anilines is 1. The summed E-state index contributed by atoms with van der Waals surface area (Å²) < 4.78 is 57.2. The van der Waals surface area contributed by atoms with Gasteiger partial charge in [0.25, 0.3) is 0 Å². The van der Waals surface area contributed by atoms with Crippen molar-refractivity contribution in [2.45, 2.75) is 31.6 Å². The molecule has 3 aromatic rings. The van der Waals surface area contributed by atoms with E-state index in [2.05, 4.69) is 25.6 Å². The van der Waals surface area contributed by atoms with Gasteiger partial charge in [-0.3, -0.25) is 5.32 Å². The average molecular weight is 484 g/mol. The lowest BCUT2D eigenvalue weighted by atomic mass is 10.0. The molecule has 1 aliphatic heterocycles. The molecule has 1 fully saturated rings. The summed E-state index contributed by atoms with van der Waals surface area (Å²) in [5.74, 6) is -0.962. The second-order valence-corrected chi connectivity index (χ2v) is 8.42. The third kappa shape index (κ3) is 5.30.